The number of nitrogens with two attached hydrogens (primary N) is 1. The van der Waals surface area contributed by atoms with Gasteiger partial charge in [0.25, 0.3) is 0 Å². The fraction of sp³-hybridized carbons (Fsp3) is 0.368. The second-order valence-corrected chi connectivity index (χ2v) is 7.16. The van der Waals surface area contributed by atoms with Crippen molar-refractivity contribution in [1.82, 2.24) is 10.0 Å². The van der Waals surface area contributed by atoms with Crippen molar-refractivity contribution in [1.29, 1.82) is 0 Å². The van der Waals surface area contributed by atoms with Gasteiger partial charge in [-0.3, -0.25) is 15.1 Å². The molecule has 29 heavy (non-hydrogen) atoms. The molecule has 2 aliphatic rings. The molecule has 4 rings (SSSR count). The average molecular weight is 406 g/mol. The number of carboxylic acid groups (broad SMARTS) is 1. The van der Waals surface area contributed by atoms with Crippen LogP contribution in [-0.4, -0.2) is 35.8 Å². The van der Waals surface area contributed by atoms with Crippen molar-refractivity contribution in [2.24, 2.45) is 0 Å². The molecule has 0 atom stereocenters. The first kappa shape index (κ1) is 19.2. The fourth-order valence-electron chi connectivity index (χ4n) is 3.72. The number of hydroxylamine groups is 1. The van der Waals surface area contributed by atoms with Crippen LogP contribution in [0.2, 0.25) is 0 Å². The molecule has 0 radical (unpaired) electrons. The SMILES string of the molecule is CONC1=CCN(c2c(F)c(N)c3c(=O)c(C(=O)O)cn(C4CC4)c3c2F)CC1. The monoisotopic (exact) mass is 406 g/mol. The number of carboxylic acids is 1. The van der Waals surface area contributed by atoms with Gasteiger partial charge in [-0.25, -0.2) is 13.6 Å². The number of pyridine rings is 1. The minimum absolute atomic E-state index is 0.151. The fourth-order valence-corrected chi connectivity index (χ4v) is 3.72. The van der Waals surface area contributed by atoms with Gasteiger partial charge in [0.1, 0.15) is 11.3 Å². The van der Waals surface area contributed by atoms with Gasteiger partial charge in [0, 0.05) is 37.4 Å². The van der Waals surface area contributed by atoms with Crippen LogP contribution in [-0.2, 0) is 4.84 Å². The van der Waals surface area contributed by atoms with Gasteiger partial charge in [-0.1, -0.05) is 0 Å². The molecule has 0 saturated heterocycles. The minimum Gasteiger partial charge on any atom is -0.477 e. The van der Waals surface area contributed by atoms with E-state index < -0.39 is 39.7 Å². The first-order valence-electron chi connectivity index (χ1n) is 9.16. The second kappa shape index (κ2) is 7.03. The number of nitrogens with zero attached hydrogens (tertiary/aromatic N) is 2. The molecule has 8 nitrogen and oxygen atoms in total. The van der Waals surface area contributed by atoms with E-state index in [9.17, 15) is 14.7 Å². The number of carbonyl (C=O) groups is 1. The summed E-state index contributed by atoms with van der Waals surface area (Å²) in [6.45, 7) is 0.521. The number of hydrogen-bond acceptors (Lipinski definition) is 6. The largest absolute Gasteiger partial charge is 0.477 e. The molecule has 154 valence electrons. The Kier molecular flexibility index (Phi) is 4.65. The second-order valence-electron chi connectivity index (χ2n) is 7.16. The molecule has 2 aromatic rings. The Balaban J connectivity index is 1.95. The van der Waals surface area contributed by atoms with E-state index in [1.54, 1.807) is 6.08 Å². The molecular weight excluding hydrogens is 386 g/mol. The van der Waals surface area contributed by atoms with Crippen molar-refractivity contribution in [3.8, 4) is 0 Å². The van der Waals surface area contributed by atoms with Crippen LogP contribution < -0.4 is 21.5 Å². The van der Waals surface area contributed by atoms with Crippen molar-refractivity contribution < 1.29 is 23.5 Å². The number of benzene rings is 1. The molecule has 4 N–H and O–H groups in total. The van der Waals surface area contributed by atoms with Gasteiger partial charge in [0.05, 0.1) is 23.7 Å². The molecule has 0 amide bonds. The summed E-state index contributed by atoms with van der Waals surface area (Å²) in [5.41, 5.74) is 6.85. The predicted octanol–water partition coefficient (Wildman–Crippen LogP) is 2.14. The Bertz CT molecular complexity index is 1110. The average Bonchev–Trinajstić information content (AvgIpc) is 3.52. The molecule has 0 unspecified atom stereocenters. The maximum Gasteiger partial charge on any atom is 0.341 e. The predicted molar refractivity (Wildman–Crippen MR) is 103 cm³/mol. The number of aromatic carboxylic acids is 1. The summed E-state index contributed by atoms with van der Waals surface area (Å²) >= 11 is 0. The Labute approximate surface area is 164 Å². The summed E-state index contributed by atoms with van der Waals surface area (Å²) in [6.07, 6.45) is 4.76. The highest BCUT2D eigenvalue weighted by Crippen LogP contribution is 2.41. The molecule has 1 aliphatic carbocycles. The third-order valence-electron chi connectivity index (χ3n) is 5.29. The van der Waals surface area contributed by atoms with Crippen LogP contribution in [0.4, 0.5) is 20.2 Å². The minimum atomic E-state index is -1.46. The topological polar surface area (TPSA) is 110 Å². The van der Waals surface area contributed by atoms with E-state index in [-0.39, 0.29) is 23.8 Å². The maximum atomic E-state index is 15.6. The summed E-state index contributed by atoms with van der Waals surface area (Å²) in [5, 5.41) is 8.91. The van der Waals surface area contributed by atoms with Gasteiger partial charge in [0.15, 0.2) is 11.6 Å². The van der Waals surface area contributed by atoms with E-state index in [4.69, 9.17) is 10.6 Å². The molecule has 0 bridgehead atoms. The summed E-state index contributed by atoms with van der Waals surface area (Å²) in [5.74, 6) is -3.44. The number of halogens is 2. The molecule has 1 fully saturated rings. The Morgan fingerprint density at radius 2 is 2.07 bits per heavy atom. The first-order chi connectivity index (χ1) is 13.8. The standard InChI is InChI=1S/C19H20F2N4O4/c1-29-23-9-4-6-24(7-5-9)17-13(20)15(22)12-16(14(17)21)25(10-2-3-10)8-11(18(12)26)19(27)28/h4,8,10,23H,2-3,5-7,22H2,1H3,(H,27,28). The maximum absolute atomic E-state index is 15.6. The molecular formula is C19H20F2N4O4. The molecule has 10 heteroatoms. The Morgan fingerprint density at radius 1 is 1.34 bits per heavy atom. The number of nitrogen functional groups attached to an aromatic ring is 1. The highest BCUT2D eigenvalue weighted by atomic mass is 19.1. The van der Waals surface area contributed by atoms with E-state index >= 15 is 8.78 Å². The normalized spacial score (nSPS) is 16.8. The van der Waals surface area contributed by atoms with Crippen molar-refractivity contribution >= 4 is 28.2 Å². The number of nitrogens with one attached hydrogen (secondary N) is 1. The molecule has 0 spiro atoms. The highest BCUT2D eigenvalue weighted by molar-refractivity contribution is 5.99. The first-order valence-corrected chi connectivity index (χ1v) is 9.16. The highest BCUT2D eigenvalue weighted by Gasteiger charge is 2.33. The Morgan fingerprint density at radius 3 is 2.62 bits per heavy atom. The lowest BCUT2D eigenvalue weighted by molar-refractivity contribution is 0.0695. The van der Waals surface area contributed by atoms with Crippen molar-refractivity contribution in [3.05, 3.63) is 45.4 Å². The van der Waals surface area contributed by atoms with Crippen LogP contribution in [0.25, 0.3) is 10.9 Å². The third-order valence-corrected chi connectivity index (χ3v) is 5.29. The van der Waals surface area contributed by atoms with Gasteiger partial charge >= 0.3 is 5.97 Å². The molecule has 1 saturated carbocycles. The number of rotatable bonds is 5. The van der Waals surface area contributed by atoms with Crippen molar-refractivity contribution in [2.75, 3.05) is 30.8 Å². The molecule has 1 aromatic carbocycles. The van der Waals surface area contributed by atoms with Crippen molar-refractivity contribution in [3.63, 3.8) is 0 Å². The van der Waals surface area contributed by atoms with Gasteiger partial charge in [0.2, 0.25) is 5.43 Å². The summed E-state index contributed by atoms with van der Waals surface area (Å²) < 4.78 is 32.1. The van der Waals surface area contributed by atoms with Crippen LogP contribution in [0.15, 0.2) is 22.8 Å². The molecule has 1 aromatic heterocycles. The van der Waals surface area contributed by atoms with Gasteiger partial charge < -0.3 is 20.3 Å². The van der Waals surface area contributed by atoms with E-state index in [1.807, 2.05) is 0 Å². The van der Waals surface area contributed by atoms with Crippen molar-refractivity contribution in [2.45, 2.75) is 25.3 Å². The lowest BCUT2D eigenvalue weighted by Gasteiger charge is -2.30. The Hall–Kier alpha value is -3.14. The van der Waals surface area contributed by atoms with E-state index in [0.29, 0.717) is 25.8 Å². The van der Waals surface area contributed by atoms with Gasteiger partial charge in [-0.2, -0.15) is 0 Å². The summed E-state index contributed by atoms with van der Waals surface area (Å²) in [7, 11) is 1.47. The van der Waals surface area contributed by atoms with Crippen LogP contribution in [0.1, 0.15) is 35.7 Å². The molecule has 1 aliphatic heterocycles. The van der Waals surface area contributed by atoms with Gasteiger partial charge in [-0.15, -0.1) is 0 Å². The van der Waals surface area contributed by atoms with Crippen LogP contribution in [0.3, 0.4) is 0 Å². The van der Waals surface area contributed by atoms with E-state index in [1.165, 1.54) is 16.6 Å². The van der Waals surface area contributed by atoms with E-state index in [2.05, 4.69) is 5.48 Å². The zero-order valence-electron chi connectivity index (χ0n) is 15.7. The lowest BCUT2D eigenvalue weighted by Crippen LogP contribution is -2.33. The number of fused-ring (bicyclic) bond motifs is 1. The van der Waals surface area contributed by atoms with Gasteiger partial charge in [-0.05, 0) is 18.9 Å². The van der Waals surface area contributed by atoms with E-state index in [0.717, 1.165) is 11.9 Å². The smallest absolute Gasteiger partial charge is 0.341 e. The third kappa shape index (κ3) is 3.09. The number of aromatic nitrogens is 1. The van der Waals surface area contributed by atoms with Crippen LogP contribution in [0.5, 0.6) is 0 Å². The zero-order chi connectivity index (χ0) is 20.9. The quantitative estimate of drug-likeness (QED) is 0.515. The van der Waals surface area contributed by atoms with Crippen LogP contribution in [0, 0.1) is 11.6 Å². The summed E-state index contributed by atoms with van der Waals surface area (Å²) in [6, 6.07) is -0.151. The van der Waals surface area contributed by atoms with Crippen LogP contribution >= 0.6 is 0 Å². The number of anilines is 2. The lowest BCUT2D eigenvalue weighted by atomic mass is 10.0. The molecule has 2 heterocycles. The zero-order valence-corrected chi connectivity index (χ0v) is 15.7. The summed E-state index contributed by atoms with van der Waals surface area (Å²) in [4.78, 5) is 30.5. The number of hydrogen-bond donors (Lipinski definition) is 3.